The molecule has 1 aromatic heterocycles. The molecule has 0 fully saturated rings. The van der Waals surface area contributed by atoms with Crippen LogP contribution in [0.2, 0.25) is 0 Å². The van der Waals surface area contributed by atoms with Gasteiger partial charge in [0.2, 0.25) is 0 Å². The maximum Gasteiger partial charge on any atom is 1.00 e. The van der Waals surface area contributed by atoms with Gasteiger partial charge in [0.25, 0.3) is 10.0 Å². The Labute approximate surface area is 250 Å². The SMILES string of the molecule is Cc1ccc(S(=O)(=O)NC(=O)NCCc2ccc(-n3nc(C)c(-c4cccc(C([NH-])=O)c4)c3C)cc2)cc1.[Na+]. The first-order chi connectivity index (χ1) is 18.0. The van der Waals surface area contributed by atoms with Crippen LogP contribution < -0.4 is 39.6 Å². The average molecular weight is 554 g/mol. The van der Waals surface area contributed by atoms with Crippen LogP contribution in [0.3, 0.4) is 0 Å². The van der Waals surface area contributed by atoms with E-state index in [1.165, 1.54) is 12.1 Å². The fourth-order valence-electron chi connectivity index (χ4n) is 4.19. The Balaban J connectivity index is 0.00000420. The number of nitrogens with one attached hydrogen (secondary N) is 3. The average Bonchev–Trinajstić information content (AvgIpc) is 3.18. The molecule has 1 heterocycles. The minimum absolute atomic E-state index is 0. The molecule has 0 aliphatic heterocycles. The Morgan fingerprint density at radius 2 is 1.62 bits per heavy atom. The van der Waals surface area contributed by atoms with Gasteiger partial charge in [0.05, 0.1) is 22.2 Å². The molecule has 39 heavy (non-hydrogen) atoms. The van der Waals surface area contributed by atoms with Gasteiger partial charge in [0.1, 0.15) is 0 Å². The Hall–Kier alpha value is -3.44. The molecule has 0 saturated heterocycles. The van der Waals surface area contributed by atoms with Crippen LogP contribution in [0.1, 0.15) is 32.9 Å². The summed E-state index contributed by atoms with van der Waals surface area (Å²) in [5, 5.41) is 7.25. The zero-order valence-electron chi connectivity index (χ0n) is 22.3. The maximum atomic E-state index is 12.3. The summed E-state index contributed by atoms with van der Waals surface area (Å²) in [4.78, 5) is 23.7. The van der Waals surface area contributed by atoms with Gasteiger partial charge in [-0.2, -0.15) is 5.10 Å². The van der Waals surface area contributed by atoms with E-state index in [0.717, 1.165) is 39.3 Å². The Morgan fingerprint density at radius 3 is 2.26 bits per heavy atom. The van der Waals surface area contributed by atoms with Crippen LogP contribution >= 0.6 is 0 Å². The molecule has 3 amide bonds. The van der Waals surface area contributed by atoms with E-state index in [2.05, 4.69) is 10.4 Å². The molecule has 0 atom stereocenters. The molecule has 0 aliphatic carbocycles. The van der Waals surface area contributed by atoms with Crippen molar-refractivity contribution in [3.05, 3.63) is 107 Å². The number of amides is 3. The number of sulfonamides is 1. The van der Waals surface area contributed by atoms with Gasteiger partial charge in [-0.25, -0.2) is 22.6 Å². The Bertz CT molecular complexity index is 1600. The van der Waals surface area contributed by atoms with E-state index in [0.29, 0.717) is 12.0 Å². The predicted octanol–water partition coefficient (Wildman–Crippen LogP) is 1.89. The predicted molar refractivity (Wildman–Crippen MR) is 146 cm³/mol. The molecular weight excluding hydrogens is 525 g/mol. The van der Waals surface area contributed by atoms with Crippen molar-refractivity contribution >= 4 is 22.0 Å². The van der Waals surface area contributed by atoms with Crippen molar-refractivity contribution < 1.29 is 47.6 Å². The number of carbonyl (C=O) groups excluding carboxylic acids is 2. The van der Waals surface area contributed by atoms with Crippen LogP contribution in [-0.4, -0.2) is 36.7 Å². The van der Waals surface area contributed by atoms with E-state index in [9.17, 15) is 18.0 Å². The number of nitrogens with zero attached hydrogens (tertiary/aromatic N) is 2. The van der Waals surface area contributed by atoms with Crippen LogP contribution in [0.15, 0.2) is 77.7 Å². The summed E-state index contributed by atoms with van der Waals surface area (Å²) in [6.07, 6.45) is 0.509. The van der Waals surface area contributed by atoms with E-state index >= 15 is 0 Å². The van der Waals surface area contributed by atoms with Crippen LogP contribution in [0, 0.1) is 20.8 Å². The monoisotopic (exact) mass is 553 g/mol. The van der Waals surface area contributed by atoms with Crippen molar-refractivity contribution in [2.45, 2.75) is 32.1 Å². The third kappa shape index (κ3) is 7.15. The topological polar surface area (TPSA) is 134 Å². The zero-order chi connectivity index (χ0) is 27.4. The van der Waals surface area contributed by atoms with Gasteiger partial charge in [-0.15, -0.1) is 0 Å². The molecule has 11 heteroatoms. The van der Waals surface area contributed by atoms with E-state index < -0.39 is 22.0 Å². The number of aryl methyl sites for hydroxylation is 2. The van der Waals surface area contributed by atoms with Gasteiger partial charge >= 0.3 is 35.6 Å². The number of urea groups is 1. The number of benzene rings is 3. The summed E-state index contributed by atoms with van der Waals surface area (Å²) in [5.41, 5.74) is 13.9. The van der Waals surface area contributed by atoms with Gasteiger partial charge in [-0.3, -0.25) is 0 Å². The third-order valence-electron chi connectivity index (χ3n) is 6.14. The number of hydrogen-bond acceptors (Lipinski definition) is 5. The van der Waals surface area contributed by atoms with Gasteiger partial charge in [-0.05, 0) is 74.2 Å². The first kappa shape index (κ1) is 30.1. The number of aromatic nitrogens is 2. The van der Waals surface area contributed by atoms with E-state index in [1.54, 1.807) is 30.3 Å². The van der Waals surface area contributed by atoms with Crippen LogP contribution in [0.4, 0.5) is 4.79 Å². The largest absolute Gasteiger partial charge is 1.00 e. The van der Waals surface area contributed by atoms with Crippen molar-refractivity contribution in [2.75, 3.05) is 6.54 Å². The zero-order valence-corrected chi connectivity index (χ0v) is 25.1. The minimum atomic E-state index is -3.94. The summed E-state index contributed by atoms with van der Waals surface area (Å²) in [5.74, 6) is -0.731. The van der Waals surface area contributed by atoms with Crippen LogP contribution in [0.5, 0.6) is 0 Å². The molecule has 4 aromatic rings. The van der Waals surface area contributed by atoms with Crippen molar-refractivity contribution in [1.29, 1.82) is 0 Å². The van der Waals surface area contributed by atoms with Crippen LogP contribution in [-0.2, 0) is 16.4 Å². The summed E-state index contributed by atoms with van der Waals surface area (Å²) in [6, 6.07) is 20.1. The quantitative estimate of drug-likeness (QED) is 0.322. The molecule has 0 unspecified atom stereocenters. The van der Waals surface area contributed by atoms with E-state index in [-0.39, 0.29) is 41.0 Å². The van der Waals surface area contributed by atoms with E-state index in [4.69, 9.17) is 5.73 Å². The fraction of sp³-hybridized carbons (Fsp3) is 0.179. The smallest absolute Gasteiger partial charge is 0.664 e. The second-order valence-corrected chi connectivity index (χ2v) is 10.6. The van der Waals surface area contributed by atoms with Gasteiger partial charge in [0, 0.05) is 17.8 Å². The summed E-state index contributed by atoms with van der Waals surface area (Å²) in [6.45, 7) is 5.95. The summed E-state index contributed by atoms with van der Waals surface area (Å²) >= 11 is 0. The molecule has 3 aromatic carbocycles. The number of hydrogen-bond donors (Lipinski definition) is 2. The first-order valence-electron chi connectivity index (χ1n) is 11.9. The molecule has 9 nitrogen and oxygen atoms in total. The third-order valence-corrected chi connectivity index (χ3v) is 7.49. The second kappa shape index (κ2) is 12.6. The van der Waals surface area contributed by atoms with Gasteiger partial charge in [-0.1, -0.05) is 48.0 Å². The molecule has 0 saturated carbocycles. The molecular formula is C28H28N5NaO4S. The molecule has 196 valence electrons. The first-order valence-corrected chi connectivity index (χ1v) is 13.4. The molecule has 0 radical (unpaired) electrons. The molecule has 3 N–H and O–H groups in total. The van der Waals surface area contributed by atoms with Crippen molar-refractivity contribution in [3.63, 3.8) is 0 Å². The fourth-order valence-corrected chi connectivity index (χ4v) is 5.11. The normalized spacial score (nSPS) is 10.9. The van der Waals surface area contributed by atoms with Gasteiger partial charge < -0.3 is 15.8 Å². The number of rotatable bonds is 8. The Morgan fingerprint density at radius 1 is 0.949 bits per heavy atom. The number of carbonyl (C=O) groups is 2. The standard InChI is InChI=1S/C28H29N5O4S.Na/c1-18-7-13-25(14-8-18)38(36,37)32-28(35)30-16-15-21-9-11-24(12-10-21)33-20(3)26(19(2)31-33)22-5-4-6-23(17-22)27(29)34;/h4-14,17H,15-16H2,1-3H3,(H4,29,30,32,34,35);/q;+1/p-1. The van der Waals surface area contributed by atoms with Crippen molar-refractivity contribution in [3.8, 4) is 16.8 Å². The molecule has 0 aliphatic rings. The molecule has 0 bridgehead atoms. The second-order valence-electron chi connectivity index (χ2n) is 8.96. The van der Waals surface area contributed by atoms with E-state index in [1.807, 2.05) is 60.5 Å². The van der Waals surface area contributed by atoms with Crippen LogP contribution in [0.25, 0.3) is 22.5 Å². The maximum absolute atomic E-state index is 12.3. The Kier molecular flexibility index (Phi) is 9.73. The molecule has 0 spiro atoms. The summed E-state index contributed by atoms with van der Waals surface area (Å²) in [7, 11) is -3.94. The van der Waals surface area contributed by atoms with Gasteiger partial charge in [0.15, 0.2) is 0 Å². The molecule has 4 rings (SSSR count). The minimum Gasteiger partial charge on any atom is -0.664 e. The summed E-state index contributed by atoms with van der Waals surface area (Å²) < 4.78 is 28.5. The van der Waals surface area contributed by atoms with Crippen molar-refractivity contribution in [1.82, 2.24) is 19.8 Å². The van der Waals surface area contributed by atoms with Crippen molar-refractivity contribution in [2.24, 2.45) is 0 Å².